The number of aromatic nitrogens is 1. The first-order chi connectivity index (χ1) is 25.5. The summed E-state index contributed by atoms with van der Waals surface area (Å²) in [5.41, 5.74) is 13.0. The van der Waals surface area contributed by atoms with Gasteiger partial charge in [0.2, 0.25) is 0 Å². The van der Waals surface area contributed by atoms with Crippen molar-refractivity contribution < 1.29 is 0 Å². The normalized spacial score (nSPS) is 22.0. The maximum absolute atomic E-state index is 10.5. The first kappa shape index (κ1) is 31.6. The molecule has 5 heteroatoms. The zero-order valence-electron chi connectivity index (χ0n) is 29.3. The minimum atomic E-state index is 0.292. The molecule has 0 fully saturated rings. The van der Waals surface area contributed by atoms with Crippen molar-refractivity contribution in [2.75, 3.05) is 0 Å². The van der Waals surface area contributed by atoms with Gasteiger partial charge in [0.15, 0.2) is 0 Å². The summed E-state index contributed by atoms with van der Waals surface area (Å²) in [7, 11) is 0. The van der Waals surface area contributed by atoms with Crippen LogP contribution in [0.15, 0.2) is 132 Å². The summed E-state index contributed by atoms with van der Waals surface area (Å²) in [5.74, 6) is 1.48. The third-order valence-electron chi connectivity index (χ3n) is 11.6. The van der Waals surface area contributed by atoms with Crippen LogP contribution < -0.4 is 0 Å². The summed E-state index contributed by atoms with van der Waals surface area (Å²) in [6.45, 7) is 4.70. The van der Waals surface area contributed by atoms with Crippen molar-refractivity contribution in [1.29, 1.82) is 15.8 Å². The standard InChI is InChI=1S/C47H37N5/c1-29-14-20-44(52-42-12-6-5-11-38(42)47-30(2)8-7-13-45(47)52)40(22-29)36-10-4-3-9-35(36)39-25-34(18-17-33(39)28-50)51-43-21-16-31(26-48)23-41(43)37-19-15-32(27-49)24-46(37)51/h3-4,6-7,9-10,12-21,23-25,29-30,45,47H,5,8,11,22H2,1-2H3. The highest BCUT2D eigenvalue weighted by molar-refractivity contribution is 6.10. The molecule has 4 atom stereocenters. The SMILES string of the molecule is CC1C=CC(N2C3=C(CCC=C3)C3C(C)CC=CC32)=C(c2ccccc2-c2cc(-n3c4ccc(C#N)cc4c4ccc(C#N)cc43)ccc2C#N)C1. The van der Waals surface area contributed by atoms with Crippen LogP contribution in [0.5, 0.6) is 0 Å². The van der Waals surface area contributed by atoms with E-state index < -0.39 is 0 Å². The Morgan fingerprint density at radius 2 is 1.50 bits per heavy atom. The van der Waals surface area contributed by atoms with Crippen LogP contribution in [0.4, 0.5) is 0 Å². The molecule has 0 bridgehead atoms. The molecule has 0 N–H and O–H groups in total. The minimum absolute atomic E-state index is 0.292. The zero-order valence-corrected chi connectivity index (χ0v) is 29.3. The molecule has 1 aliphatic heterocycles. The second-order valence-corrected chi connectivity index (χ2v) is 14.7. The van der Waals surface area contributed by atoms with E-state index in [4.69, 9.17) is 0 Å². The number of rotatable bonds is 4. The fraction of sp³-hybridized carbons (Fsp3) is 0.213. The largest absolute Gasteiger partial charge is 0.334 e. The second kappa shape index (κ2) is 12.5. The molecule has 9 rings (SSSR count). The van der Waals surface area contributed by atoms with Crippen LogP contribution in [0.2, 0.25) is 0 Å². The van der Waals surface area contributed by atoms with Crippen LogP contribution in [-0.4, -0.2) is 15.5 Å². The molecule has 2 heterocycles. The Hall–Kier alpha value is -6.35. The third kappa shape index (κ3) is 4.87. The van der Waals surface area contributed by atoms with E-state index in [0.717, 1.165) is 69.9 Å². The molecule has 250 valence electrons. The molecule has 4 unspecified atom stereocenters. The van der Waals surface area contributed by atoms with Crippen molar-refractivity contribution in [3.05, 3.63) is 155 Å². The smallest absolute Gasteiger partial charge is 0.0998 e. The van der Waals surface area contributed by atoms with Gasteiger partial charge < -0.3 is 9.47 Å². The van der Waals surface area contributed by atoms with Gasteiger partial charge in [0, 0.05) is 39.3 Å². The van der Waals surface area contributed by atoms with Crippen molar-refractivity contribution in [3.8, 4) is 35.0 Å². The Morgan fingerprint density at radius 3 is 2.33 bits per heavy atom. The van der Waals surface area contributed by atoms with Gasteiger partial charge in [-0.1, -0.05) is 68.5 Å². The predicted octanol–water partition coefficient (Wildman–Crippen LogP) is 10.9. The summed E-state index contributed by atoms with van der Waals surface area (Å²) >= 11 is 0. The molecule has 5 aromatic rings. The third-order valence-corrected chi connectivity index (χ3v) is 11.6. The molecule has 0 amide bonds. The number of nitrogens with zero attached hydrogens (tertiary/aromatic N) is 5. The van der Waals surface area contributed by atoms with Crippen LogP contribution >= 0.6 is 0 Å². The van der Waals surface area contributed by atoms with Gasteiger partial charge in [-0.3, -0.25) is 0 Å². The van der Waals surface area contributed by atoms with E-state index in [9.17, 15) is 15.8 Å². The van der Waals surface area contributed by atoms with E-state index >= 15 is 0 Å². The molecule has 0 saturated heterocycles. The van der Waals surface area contributed by atoms with Crippen LogP contribution in [0.3, 0.4) is 0 Å². The van der Waals surface area contributed by atoms with Gasteiger partial charge in [0.05, 0.1) is 52.0 Å². The van der Waals surface area contributed by atoms with Gasteiger partial charge in [-0.05, 0) is 120 Å². The quantitative estimate of drug-likeness (QED) is 0.178. The molecule has 1 aromatic heterocycles. The molecule has 3 aliphatic carbocycles. The number of nitriles is 3. The number of hydrogen-bond acceptors (Lipinski definition) is 4. The maximum atomic E-state index is 10.5. The molecule has 4 aromatic carbocycles. The van der Waals surface area contributed by atoms with Crippen molar-refractivity contribution in [3.63, 3.8) is 0 Å². The van der Waals surface area contributed by atoms with Crippen molar-refractivity contribution in [2.24, 2.45) is 17.8 Å². The summed E-state index contributed by atoms with van der Waals surface area (Å²) in [5, 5.41) is 32.0. The van der Waals surface area contributed by atoms with E-state index in [0.29, 0.717) is 40.5 Å². The van der Waals surface area contributed by atoms with Crippen molar-refractivity contribution in [2.45, 2.75) is 45.6 Å². The minimum Gasteiger partial charge on any atom is -0.334 e. The fourth-order valence-corrected chi connectivity index (χ4v) is 9.26. The monoisotopic (exact) mass is 671 g/mol. The van der Waals surface area contributed by atoms with E-state index in [1.807, 2.05) is 48.5 Å². The summed E-state index contributed by atoms with van der Waals surface area (Å²) in [4.78, 5) is 2.62. The number of fused-ring (bicyclic) bond motifs is 5. The first-order valence-electron chi connectivity index (χ1n) is 18.3. The lowest BCUT2D eigenvalue weighted by Gasteiger charge is -2.38. The Balaban J connectivity index is 1.26. The van der Waals surface area contributed by atoms with Crippen molar-refractivity contribution >= 4 is 27.4 Å². The Morgan fingerprint density at radius 1 is 0.692 bits per heavy atom. The Bertz CT molecular complexity index is 2620. The molecule has 5 nitrogen and oxygen atoms in total. The Labute approximate surface area is 304 Å². The van der Waals surface area contributed by atoms with E-state index in [-0.39, 0.29) is 0 Å². The molecule has 0 saturated carbocycles. The van der Waals surface area contributed by atoms with Gasteiger partial charge in [-0.2, -0.15) is 15.8 Å². The van der Waals surface area contributed by atoms with Crippen LogP contribution in [0.1, 0.15) is 61.8 Å². The Kier molecular flexibility index (Phi) is 7.57. The molecular weight excluding hydrogens is 635 g/mol. The molecule has 4 aliphatic rings. The average Bonchev–Trinajstić information content (AvgIpc) is 3.70. The average molecular weight is 672 g/mol. The lowest BCUT2D eigenvalue weighted by Crippen LogP contribution is -2.36. The number of hydrogen-bond donors (Lipinski definition) is 0. The van der Waals surface area contributed by atoms with Gasteiger partial charge in [0.25, 0.3) is 0 Å². The fourth-order valence-electron chi connectivity index (χ4n) is 9.26. The van der Waals surface area contributed by atoms with Crippen LogP contribution in [-0.2, 0) is 0 Å². The van der Waals surface area contributed by atoms with Crippen LogP contribution in [0.25, 0.3) is 44.2 Å². The predicted molar refractivity (Wildman–Crippen MR) is 208 cm³/mol. The van der Waals surface area contributed by atoms with E-state index in [1.54, 1.807) is 5.57 Å². The van der Waals surface area contributed by atoms with Crippen LogP contribution in [0, 0.1) is 51.7 Å². The second-order valence-electron chi connectivity index (χ2n) is 14.7. The number of allylic oxidation sites excluding steroid dienone is 6. The van der Waals surface area contributed by atoms with Gasteiger partial charge in [-0.25, -0.2) is 0 Å². The summed E-state index contributed by atoms with van der Waals surface area (Å²) in [6, 6.07) is 33.4. The topological polar surface area (TPSA) is 79.5 Å². The van der Waals surface area contributed by atoms with Gasteiger partial charge in [0.1, 0.15) is 0 Å². The molecule has 52 heavy (non-hydrogen) atoms. The van der Waals surface area contributed by atoms with Gasteiger partial charge >= 0.3 is 0 Å². The lowest BCUT2D eigenvalue weighted by molar-refractivity contribution is 0.276. The molecule has 0 spiro atoms. The van der Waals surface area contributed by atoms with E-state index in [2.05, 4.69) is 108 Å². The summed E-state index contributed by atoms with van der Waals surface area (Å²) < 4.78 is 2.15. The summed E-state index contributed by atoms with van der Waals surface area (Å²) in [6.07, 6.45) is 18.5. The van der Waals surface area contributed by atoms with Gasteiger partial charge in [-0.15, -0.1) is 0 Å². The maximum Gasteiger partial charge on any atom is 0.0998 e. The number of benzene rings is 4. The van der Waals surface area contributed by atoms with Crippen molar-refractivity contribution in [1.82, 2.24) is 9.47 Å². The lowest BCUT2D eigenvalue weighted by atomic mass is 9.76. The van der Waals surface area contributed by atoms with E-state index in [1.165, 1.54) is 17.0 Å². The molecular formula is C47H37N5. The highest BCUT2D eigenvalue weighted by Gasteiger charge is 2.44. The zero-order chi connectivity index (χ0) is 35.5. The highest BCUT2D eigenvalue weighted by Crippen LogP contribution is 2.51. The first-order valence-corrected chi connectivity index (χ1v) is 18.3. The highest BCUT2D eigenvalue weighted by atomic mass is 15.2. The molecule has 0 radical (unpaired) electrons.